The number of hydrogen-bond acceptors (Lipinski definition) is 5. The topological polar surface area (TPSA) is 70.4 Å². The standard InChI is InChI=1S/C12H17BrN2O4/c1-12(2,3)19-10(16)6-15-9(7-18-4)14-5-8(13)11(15)17/h5H,6-7H2,1-4H3. The summed E-state index contributed by atoms with van der Waals surface area (Å²) in [6.45, 7) is 5.25. The Morgan fingerprint density at radius 2 is 2.11 bits per heavy atom. The number of carbonyl (C=O) groups is 1. The van der Waals surface area contributed by atoms with E-state index in [9.17, 15) is 9.59 Å². The molecule has 1 aromatic heterocycles. The Morgan fingerprint density at radius 1 is 1.47 bits per heavy atom. The van der Waals surface area contributed by atoms with Crippen LogP contribution in [0.4, 0.5) is 0 Å². The van der Waals surface area contributed by atoms with Gasteiger partial charge in [-0.05, 0) is 36.7 Å². The van der Waals surface area contributed by atoms with E-state index in [0.717, 1.165) is 0 Å². The van der Waals surface area contributed by atoms with Gasteiger partial charge in [-0.2, -0.15) is 0 Å². The minimum atomic E-state index is -0.596. The Labute approximate surface area is 119 Å². The van der Waals surface area contributed by atoms with Crippen LogP contribution >= 0.6 is 15.9 Å². The third-order valence-electron chi connectivity index (χ3n) is 2.07. The van der Waals surface area contributed by atoms with Crippen LogP contribution in [-0.4, -0.2) is 28.2 Å². The summed E-state index contributed by atoms with van der Waals surface area (Å²) in [5, 5.41) is 0. The van der Waals surface area contributed by atoms with E-state index in [-0.39, 0.29) is 23.2 Å². The molecular weight excluding hydrogens is 316 g/mol. The summed E-state index contributed by atoms with van der Waals surface area (Å²) in [5.74, 6) is -0.117. The van der Waals surface area contributed by atoms with Gasteiger partial charge in [-0.25, -0.2) is 4.98 Å². The number of rotatable bonds is 4. The number of esters is 1. The number of aromatic nitrogens is 2. The van der Waals surface area contributed by atoms with E-state index < -0.39 is 11.6 Å². The van der Waals surface area contributed by atoms with Gasteiger partial charge < -0.3 is 9.47 Å². The molecule has 0 saturated carbocycles. The molecule has 6 nitrogen and oxygen atoms in total. The minimum absolute atomic E-state index is 0.144. The molecule has 0 radical (unpaired) electrons. The van der Waals surface area contributed by atoms with E-state index in [0.29, 0.717) is 5.82 Å². The Morgan fingerprint density at radius 3 is 2.63 bits per heavy atom. The van der Waals surface area contributed by atoms with Crippen molar-refractivity contribution in [1.29, 1.82) is 0 Å². The van der Waals surface area contributed by atoms with Crippen LogP contribution in [0.1, 0.15) is 26.6 Å². The van der Waals surface area contributed by atoms with Crippen LogP contribution in [0.5, 0.6) is 0 Å². The van der Waals surface area contributed by atoms with Crippen molar-refractivity contribution in [2.45, 2.75) is 39.5 Å². The van der Waals surface area contributed by atoms with Crippen molar-refractivity contribution >= 4 is 21.9 Å². The molecule has 0 N–H and O–H groups in total. The molecular formula is C12H17BrN2O4. The highest BCUT2D eigenvalue weighted by molar-refractivity contribution is 9.10. The fourth-order valence-electron chi connectivity index (χ4n) is 1.41. The Hall–Kier alpha value is -1.21. The van der Waals surface area contributed by atoms with Crippen molar-refractivity contribution in [3.63, 3.8) is 0 Å². The molecule has 0 spiro atoms. The van der Waals surface area contributed by atoms with E-state index in [1.54, 1.807) is 20.8 Å². The number of carbonyl (C=O) groups excluding carboxylic acids is 1. The second-order valence-electron chi connectivity index (χ2n) is 4.93. The average molecular weight is 333 g/mol. The van der Waals surface area contributed by atoms with Crippen LogP contribution in [0.2, 0.25) is 0 Å². The van der Waals surface area contributed by atoms with Gasteiger partial charge in [0.15, 0.2) is 0 Å². The van der Waals surface area contributed by atoms with E-state index in [4.69, 9.17) is 9.47 Å². The Bertz CT molecular complexity index is 519. The summed E-state index contributed by atoms with van der Waals surface area (Å²) < 4.78 is 11.7. The highest BCUT2D eigenvalue weighted by Gasteiger charge is 2.19. The van der Waals surface area contributed by atoms with Crippen molar-refractivity contribution in [2.75, 3.05) is 7.11 Å². The maximum Gasteiger partial charge on any atom is 0.326 e. The van der Waals surface area contributed by atoms with Gasteiger partial charge in [0.05, 0.1) is 0 Å². The second kappa shape index (κ2) is 6.29. The molecule has 0 fully saturated rings. The van der Waals surface area contributed by atoms with Gasteiger partial charge in [0.25, 0.3) is 5.56 Å². The zero-order chi connectivity index (χ0) is 14.6. The molecule has 1 aromatic rings. The van der Waals surface area contributed by atoms with Crippen molar-refractivity contribution < 1.29 is 14.3 Å². The first-order valence-corrected chi connectivity index (χ1v) is 6.49. The summed E-state index contributed by atoms with van der Waals surface area (Å²) in [4.78, 5) is 27.8. The molecule has 0 atom stereocenters. The summed E-state index contributed by atoms with van der Waals surface area (Å²) in [6.07, 6.45) is 1.39. The maximum atomic E-state index is 12.0. The van der Waals surface area contributed by atoms with E-state index in [1.807, 2.05) is 0 Å². The predicted octanol–water partition coefficient (Wildman–Crippen LogP) is 1.49. The van der Waals surface area contributed by atoms with Gasteiger partial charge >= 0.3 is 5.97 Å². The van der Waals surface area contributed by atoms with Crippen LogP contribution in [0.3, 0.4) is 0 Å². The molecule has 0 unspecified atom stereocenters. The first kappa shape index (κ1) is 15.8. The zero-order valence-electron chi connectivity index (χ0n) is 11.4. The number of nitrogens with zero attached hydrogens (tertiary/aromatic N) is 2. The van der Waals surface area contributed by atoms with Gasteiger partial charge in [0.1, 0.15) is 29.0 Å². The van der Waals surface area contributed by atoms with Gasteiger partial charge in [0, 0.05) is 13.3 Å². The van der Waals surface area contributed by atoms with E-state index >= 15 is 0 Å². The molecule has 1 heterocycles. The molecule has 0 amide bonds. The van der Waals surface area contributed by atoms with Crippen LogP contribution in [0.25, 0.3) is 0 Å². The van der Waals surface area contributed by atoms with Gasteiger partial charge in [0.2, 0.25) is 0 Å². The summed E-state index contributed by atoms with van der Waals surface area (Å²) in [5.41, 5.74) is -0.936. The van der Waals surface area contributed by atoms with Crippen LogP contribution in [-0.2, 0) is 27.4 Å². The maximum absolute atomic E-state index is 12.0. The number of halogens is 1. The average Bonchev–Trinajstić information content (AvgIpc) is 2.26. The number of ether oxygens (including phenoxy) is 2. The number of hydrogen-bond donors (Lipinski definition) is 0. The van der Waals surface area contributed by atoms with E-state index in [1.165, 1.54) is 17.9 Å². The van der Waals surface area contributed by atoms with Gasteiger partial charge in [-0.15, -0.1) is 0 Å². The monoisotopic (exact) mass is 332 g/mol. The molecule has 0 aromatic carbocycles. The molecule has 7 heteroatoms. The molecule has 0 aliphatic carbocycles. The lowest BCUT2D eigenvalue weighted by Gasteiger charge is -2.20. The lowest BCUT2D eigenvalue weighted by molar-refractivity contribution is -0.155. The number of methoxy groups -OCH3 is 1. The first-order valence-electron chi connectivity index (χ1n) is 5.69. The fraction of sp³-hybridized carbons (Fsp3) is 0.583. The Balaban J connectivity index is 3.02. The Kier molecular flexibility index (Phi) is 5.25. The smallest absolute Gasteiger partial charge is 0.326 e. The second-order valence-corrected chi connectivity index (χ2v) is 5.79. The fourth-order valence-corrected chi connectivity index (χ4v) is 1.73. The molecule has 0 aliphatic rings. The van der Waals surface area contributed by atoms with Crippen molar-refractivity contribution in [2.24, 2.45) is 0 Å². The quantitative estimate of drug-likeness (QED) is 0.781. The molecule has 0 bridgehead atoms. The van der Waals surface area contributed by atoms with Crippen molar-refractivity contribution in [3.05, 3.63) is 26.8 Å². The van der Waals surface area contributed by atoms with Crippen molar-refractivity contribution in [1.82, 2.24) is 9.55 Å². The molecule has 106 valence electrons. The van der Waals surface area contributed by atoms with Gasteiger partial charge in [-0.3, -0.25) is 14.2 Å². The zero-order valence-corrected chi connectivity index (χ0v) is 13.0. The third-order valence-corrected chi connectivity index (χ3v) is 2.61. The summed E-state index contributed by atoms with van der Waals surface area (Å²) in [6, 6.07) is 0. The highest BCUT2D eigenvalue weighted by Crippen LogP contribution is 2.09. The molecule has 1 rings (SSSR count). The lowest BCUT2D eigenvalue weighted by Crippen LogP contribution is -2.33. The molecule has 19 heavy (non-hydrogen) atoms. The normalized spacial score (nSPS) is 11.4. The largest absolute Gasteiger partial charge is 0.459 e. The lowest BCUT2D eigenvalue weighted by atomic mass is 10.2. The van der Waals surface area contributed by atoms with Crippen molar-refractivity contribution in [3.8, 4) is 0 Å². The van der Waals surface area contributed by atoms with Crippen LogP contribution in [0, 0.1) is 0 Å². The van der Waals surface area contributed by atoms with E-state index in [2.05, 4.69) is 20.9 Å². The highest BCUT2D eigenvalue weighted by atomic mass is 79.9. The van der Waals surface area contributed by atoms with Gasteiger partial charge in [-0.1, -0.05) is 0 Å². The first-order chi connectivity index (χ1) is 8.74. The molecule has 0 saturated heterocycles. The minimum Gasteiger partial charge on any atom is -0.459 e. The SMILES string of the molecule is COCc1ncc(Br)c(=O)n1CC(=O)OC(C)(C)C. The third kappa shape index (κ3) is 4.76. The predicted molar refractivity (Wildman–Crippen MR) is 72.8 cm³/mol. The molecule has 0 aliphatic heterocycles. The summed E-state index contributed by atoms with van der Waals surface area (Å²) >= 11 is 3.09. The van der Waals surface area contributed by atoms with Crippen LogP contribution < -0.4 is 5.56 Å². The van der Waals surface area contributed by atoms with Crippen LogP contribution in [0.15, 0.2) is 15.5 Å². The summed E-state index contributed by atoms with van der Waals surface area (Å²) in [7, 11) is 1.49.